The van der Waals surface area contributed by atoms with Gasteiger partial charge in [-0.15, -0.1) is 22.7 Å². The van der Waals surface area contributed by atoms with Crippen molar-refractivity contribution in [2.24, 2.45) is 5.84 Å². The molecule has 1 atom stereocenters. The summed E-state index contributed by atoms with van der Waals surface area (Å²) < 4.78 is 1.15. The van der Waals surface area contributed by atoms with Gasteiger partial charge in [-0.2, -0.15) is 0 Å². The lowest BCUT2D eigenvalue weighted by molar-refractivity contribution is 0.564. The van der Waals surface area contributed by atoms with Gasteiger partial charge in [-0.25, -0.2) is 0 Å². The molecule has 0 radical (unpaired) electrons. The molecule has 92 valence electrons. The van der Waals surface area contributed by atoms with E-state index in [4.69, 9.17) is 5.84 Å². The number of halogens is 1. The van der Waals surface area contributed by atoms with Crippen LogP contribution in [-0.2, 0) is 12.8 Å². The standard InChI is InChI=1S/C12H15BrN2S2/c1-2-9-3-4-12(17-9)11(15-14)6-10-5-8(13)7-16-10/h3-5,7,11,15H,2,6,14H2,1H3. The maximum absolute atomic E-state index is 5.66. The van der Waals surface area contributed by atoms with Gasteiger partial charge in [-0.1, -0.05) is 6.92 Å². The van der Waals surface area contributed by atoms with E-state index in [1.54, 1.807) is 11.3 Å². The zero-order valence-corrected chi connectivity index (χ0v) is 12.8. The fraction of sp³-hybridized carbons (Fsp3) is 0.333. The Balaban J connectivity index is 2.10. The summed E-state index contributed by atoms with van der Waals surface area (Å²) in [5, 5.41) is 2.11. The van der Waals surface area contributed by atoms with Crippen molar-refractivity contribution < 1.29 is 0 Å². The van der Waals surface area contributed by atoms with Crippen molar-refractivity contribution in [3.8, 4) is 0 Å². The predicted octanol–water partition coefficient (Wildman–Crippen LogP) is 3.88. The van der Waals surface area contributed by atoms with E-state index in [0.717, 1.165) is 17.3 Å². The van der Waals surface area contributed by atoms with Crippen molar-refractivity contribution in [2.45, 2.75) is 25.8 Å². The Kier molecular flexibility index (Phi) is 4.76. The van der Waals surface area contributed by atoms with Crippen LogP contribution in [-0.4, -0.2) is 0 Å². The van der Waals surface area contributed by atoms with Gasteiger partial charge in [0.1, 0.15) is 0 Å². The Hall–Kier alpha value is -0.200. The predicted molar refractivity (Wildman–Crippen MR) is 79.5 cm³/mol. The van der Waals surface area contributed by atoms with Gasteiger partial charge in [0.25, 0.3) is 0 Å². The molecule has 0 aliphatic heterocycles. The first-order valence-electron chi connectivity index (χ1n) is 5.50. The van der Waals surface area contributed by atoms with Crippen LogP contribution >= 0.6 is 38.6 Å². The maximum atomic E-state index is 5.66. The minimum Gasteiger partial charge on any atom is -0.271 e. The van der Waals surface area contributed by atoms with Crippen LogP contribution in [0.15, 0.2) is 28.1 Å². The van der Waals surface area contributed by atoms with E-state index in [2.05, 4.69) is 51.9 Å². The fourth-order valence-electron chi connectivity index (χ4n) is 1.68. The normalized spacial score (nSPS) is 12.9. The number of thiophene rings is 2. The van der Waals surface area contributed by atoms with Gasteiger partial charge in [0.2, 0.25) is 0 Å². The van der Waals surface area contributed by atoms with Crippen molar-refractivity contribution in [1.29, 1.82) is 0 Å². The minimum absolute atomic E-state index is 0.214. The minimum atomic E-state index is 0.214. The highest BCUT2D eigenvalue weighted by Crippen LogP contribution is 2.29. The highest BCUT2D eigenvalue weighted by atomic mass is 79.9. The molecule has 0 spiro atoms. The van der Waals surface area contributed by atoms with E-state index in [1.807, 2.05) is 11.3 Å². The molecule has 0 bridgehead atoms. The van der Waals surface area contributed by atoms with Crippen LogP contribution < -0.4 is 11.3 Å². The number of hydrazine groups is 1. The third kappa shape index (κ3) is 3.39. The monoisotopic (exact) mass is 330 g/mol. The summed E-state index contributed by atoms with van der Waals surface area (Å²) in [5.41, 5.74) is 2.92. The van der Waals surface area contributed by atoms with Gasteiger partial charge < -0.3 is 0 Å². The Labute approximate surface area is 118 Å². The Morgan fingerprint density at radius 3 is 2.76 bits per heavy atom. The molecular formula is C12H15BrN2S2. The maximum Gasteiger partial charge on any atom is 0.0601 e. The molecule has 2 aromatic rings. The lowest BCUT2D eigenvalue weighted by Crippen LogP contribution is -2.28. The molecule has 3 N–H and O–H groups in total. The summed E-state index contributed by atoms with van der Waals surface area (Å²) in [6.07, 6.45) is 2.03. The fourth-order valence-corrected chi connectivity index (χ4v) is 4.19. The molecule has 0 aromatic carbocycles. The average molecular weight is 331 g/mol. The lowest BCUT2D eigenvalue weighted by atomic mass is 10.1. The molecule has 0 amide bonds. The number of nitrogens with two attached hydrogens (primary N) is 1. The first-order valence-corrected chi connectivity index (χ1v) is 7.99. The van der Waals surface area contributed by atoms with Crippen molar-refractivity contribution in [3.05, 3.63) is 42.7 Å². The molecular weight excluding hydrogens is 316 g/mol. The third-order valence-electron chi connectivity index (χ3n) is 2.60. The zero-order valence-electron chi connectivity index (χ0n) is 9.57. The van der Waals surface area contributed by atoms with E-state index in [9.17, 15) is 0 Å². The van der Waals surface area contributed by atoms with Crippen LogP contribution in [0.5, 0.6) is 0 Å². The number of aryl methyl sites for hydroxylation is 1. The van der Waals surface area contributed by atoms with Gasteiger partial charge >= 0.3 is 0 Å². The Morgan fingerprint density at radius 2 is 2.24 bits per heavy atom. The lowest BCUT2D eigenvalue weighted by Gasteiger charge is -2.12. The number of hydrogen-bond donors (Lipinski definition) is 2. The van der Waals surface area contributed by atoms with Gasteiger partial charge in [0.15, 0.2) is 0 Å². The van der Waals surface area contributed by atoms with Crippen molar-refractivity contribution >= 4 is 38.6 Å². The van der Waals surface area contributed by atoms with E-state index >= 15 is 0 Å². The molecule has 0 aliphatic carbocycles. The second-order valence-electron chi connectivity index (χ2n) is 3.81. The molecule has 5 heteroatoms. The average Bonchev–Trinajstić information content (AvgIpc) is 2.94. The largest absolute Gasteiger partial charge is 0.271 e. The van der Waals surface area contributed by atoms with Crippen LogP contribution in [0.1, 0.15) is 27.6 Å². The van der Waals surface area contributed by atoms with Crippen molar-refractivity contribution in [3.63, 3.8) is 0 Å². The van der Waals surface area contributed by atoms with E-state index in [-0.39, 0.29) is 6.04 Å². The SMILES string of the molecule is CCc1ccc(C(Cc2cc(Br)cs2)NN)s1. The molecule has 0 saturated heterocycles. The Bertz CT molecular complexity index is 478. The number of nitrogens with one attached hydrogen (secondary N) is 1. The first kappa shape index (κ1) is 13.2. The molecule has 17 heavy (non-hydrogen) atoms. The molecule has 0 fully saturated rings. The molecule has 2 rings (SSSR count). The smallest absolute Gasteiger partial charge is 0.0601 e. The van der Waals surface area contributed by atoms with Crippen LogP contribution in [0.4, 0.5) is 0 Å². The van der Waals surface area contributed by atoms with Crippen LogP contribution in [0.2, 0.25) is 0 Å². The summed E-state index contributed by atoms with van der Waals surface area (Å²) in [4.78, 5) is 4.06. The van der Waals surface area contributed by atoms with E-state index in [0.29, 0.717) is 0 Å². The van der Waals surface area contributed by atoms with Crippen LogP contribution in [0.3, 0.4) is 0 Å². The topological polar surface area (TPSA) is 38.0 Å². The molecule has 2 aromatic heterocycles. The molecule has 1 unspecified atom stereocenters. The summed E-state index contributed by atoms with van der Waals surface area (Å²) in [5.74, 6) is 5.66. The number of rotatable bonds is 5. The zero-order chi connectivity index (χ0) is 12.3. The van der Waals surface area contributed by atoms with Gasteiger partial charge in [0, 0.05) is 30.9 Å². The van der Waals surface area contributed by atoms with Gasteiger partial charge in [0.05, 0.1) is 6.04 Å². The summed E-state index contributed by atoms with van der Waals surface area (Å²) >= 11 is 7.08. The summed E-state index contributed by atoms with van der Waals surface area (Å²) in [6.45, 7) is 2.18. The highest BCUT2D eigenvalue weighted by molar-refractivity contribution is 9.10. The Morgan fingerprint density at radius 1 is 1.41 bits per heavy atom. The first-order chi connectivity index (χ1) is 8.22. The number of hydrogen-bond acceptors (Lipinski definition) is 4. The van der Waals surface area contributed by atoms with Crippen molar-refractivity contribution in [2.75, 3.05) is 0 Å². The van der Waals surface area contributed by atoms with Crippen LogP contribution in [0, 0.1) is 0 Å². The summed E-state index contributed by atoms with van der Waals surface area (Å²) in [7, 11) is 0. The van der Waals surface area contributed by atoms with E-state index < -0.39 is 0 Å². The summed E-state index contributed by atoms with van der Waals surface area (Å²) in [6, 6.07) is 6.74. The molecule has 2 nitrogen and oxygen atoms in total. The third-order valence-corrected chi connectivity index (χ3v) is 5.67. The van der Waals surface area contributed by atoms with Crippen molar-refractivity contribution in [1.82, 2.24) is 5.43 Å². The van der Waals surface area contributed by atoms with Crippen LogP contribution in [0.25, 0.3) is 0 Å². The molecule has 2 heterocycles. The molecule has 0 saturated carbocycles. The van der Waals surface area contributed by atoms with Gasteiger partial charge in [-0.3, -0.25) is 11.3 Å². The second-order valence-corrected chi connectivity index (χ2v) is 6.92. The molecule has 0 aliphatic rings. The second kappa shape index (κ2) is 6.11. The van der Waals surface area contributed by atoms with Gasteiger partial charge in [-0.05, 0) is 40.5 Å². The quantitative estimate of drug-likeness (QED) is 0.644. The van der Waals surface area contributed by atoms with E-state index in [1.165, 1.54) is 14.6 Å². The highest BCUT2D eigenvalue weighted by Gasteiger charge is 2.13.